The van der Waals surface area contributed by atoms with E-state index < -0.39 is 0 Å². The molecule has 3 rings (SSSR count). The SMILES string of the molecule is COC(=O)c1ccc(CNC(=O)c2cc3ccc(C)cc3[nH]2)cc1. The minimum Gasteiger partial charge on any atom is -0.465 e. The average molecular weight is 322 g/mol. The van der Waals surface area contributed by atoms with Gasteiger partial charge in [0.1, 0.15) is 5.69 Å². The molecule has 1 amide bonds. The summed E-state index contributed by atoms with van der Waals surface area (Å²) in [5.74, 6) is -0.542. The number of aryl methyl sites for hydroxylation is 1. The molecule has 2 aromatic carbocycles. The number of carbonyl (C=O) groups excluding carboxylic acids is 2. The molecule has 1 heterocycles. The topological polar surface area (TPSA) is 71.2 Å². The number of hydrogen-bond donors (Lipinski definition) is 2. The van der Waals surface area contributed by atoms with E-state index in [-0.39, 0.29) is 11.9 Å². The summed E-state index contributed by atoms with van der Waals surface area (Å²) in [4.78, 5) is 26.8. The van der Waals surface area contributed by atoms with Gasteiger partial charge in [-0.3, -0.25) is 4.79 Å². The van der Waals surface area contributed by atoms with Gasteiger partial charge in [-0.2, -0.15) is 0 Å². The summed E-state index contributed by atoms with van der Waals surface area (Å²) in [6, 6.07) is 14.8. The predicted molar refractivity (Wildman–Crippen MR) is 92.0 cm³/mol. The van der Waals surface area contributed by atoms with Crippen LogP contribution < -0.4 is 5.32 Å². The van der Waals surface area contributed by atoms with E-state index in [4.69, 9.17) is 0 Å². The van der Waals surface area contributed by atoms with Crippen LogP contribution in [0, 0.1) is 6.92 Å². The van der Waals surface area contributed by atoms with Crippen LogP contribution in [0.25, 0.3) is 10.9 Å². The van der Waals surface area contributed by atoms with Gasteiger partial charge in [0, 0.05) is 17.4 Å². The van der Waals surface area contributed by atoms with E-state index in [2.05, 4.69) is 15.0 Å². The fourth-order valence-corrected chi connectivity index (χ4v) is 2.52. The van der Waals surface area contributed by atoms with Crippen molar-refractivity contribution in [2.75, 3.05) is 7.11 Å². The summed E-state index contributed by atoms with van der Waals surface area (Å²) in [5, 5.41) is 3.87. The Morgan fingerprint density at radius 2 is 1.83 bits per heavy atom. The van der Waals surface area contributed by atoms with Crippen LogP contribution in [0.1, 0.15) is 32.0 Å². The normalized spacial score (nSPS) is 10.6. The standard InChI is InChI=1S/C19H18N2O3/c1-12-3-6-15-10-17(21-16(15)9-12)18(22)20-11-13-4-7-14(8-5-13)19(23)24-2/h3-10,21H,11H2,1-2H3,(H,20,22). The number of fused-ring (bicyclic) bond motifs is 1. The van der Waals surface area contributed by atoms with Gasteiger partial charge in [-0.05, 0) is 42.3 Å². The smallest absolute Gasteiger partial charge is 0.337 e. The maximum absolute atomic E-state index is 12.3. The molecule has 3 aromatic rings. The molecule has 122 valence electrons. The Balaban J connectivity index is 1.67. The lowest BCUT2D eigenvalue weighted by atomic mass is 10.1. The van der Waals surface area contributed by atoms with Crippen molar-refractivity contribution in [3.8, 4) is 0 Å². The monoisotopic (exact) mass is 322 g/mol. The Bertz CT molecular complexity index is 895. The van der Waals surface area contributed by atoms with Gasteiger partial charge in [0.25, 0.3) is 5.91 Å². The summed E-state index contributed by atoms with van der Waals surface area (Å²) in [6.07, 6.45) is 0. The summed E-state index contributed by atoms with van der Waals surface area (Å²) in [6.45, 7) is 2.40. The van der Waals surface area contributed by atoms with Gasteiger partial charge in [-0.25, -0.2) is 4.79 Å². The fourth-order valence-electron chi connectivity index (χ4n) is 2.52. The van der Waals surface area contributed by atoms with Crippen molar-refractivity contribution in [3.05, 3.63) is 70.9 Å². The molecule has 0 fully saturated rings. The van der Waals surface area contributed by atoms with Crippen LogP contribution in [-0.2, 0) is 11.3 Å². The number of carbonyl (C=O) groups is 2. The molecule has 0 spiro atoms. The molecule has 0 aliphatic heterocycles. The molecule has 24 heavy (non-hydrogen) atoms. The van der Waals surface area contributed by atoms with Crippen molar-refractivity contribution in [1.29, 1.82) is 0 Å². The Morgan fingerprint density at radius 1 is 1.08 bits per heavy atom. The molecule has 0 saturated carbocycles. The molecule has 0 aliphatic carbocycles. The van der Waals surface area contributed by atoms with Crippen molar-refractivity contribution in [2.24, 2.45) is 0 Å². The number of esters is 1. The number of amides is 1. The van der Waals surface area contributed by atoms with Crippen molar-refractivity contribution in [2.45, 2.75) is 13.5 Å². The van der Waals surface area contributed by atoms with Crippen LogP contribution in [0.5, 0.6) is 0 Å². The van der Waals surface area contributed by atoms with Gasteiger partial charge < -0.3 is 15.0 Å². The van der Waals surface area contributed by atoms with Crippen LogP contribution in [0.3, 0.4) is 0 Å². The summed E-state index contributed by atoms with van der Waals surface area (Å²) in [7, 11) is 1.35. The molecule has 2 N–H and O–H groups in total. The number of rotatable bonds is 4. The Labute approximate surface area is 139 Å². The zero-order valence-corrected chi connectivity index (χ0v) is 13.6. The molecule has 1 aromatic heterocycles. The highest BCUT2D eigenvalue weighted by atomic mass is 16.5. The largest absolute Gasteiger partial charge is 0.465 e. The van der Waals surface area contributed by atoms with Gasteiger partial charge in [0.2, 0.25) is 0 Å². The zero-order valence-electron chi connectivity index (χ0n) is 13.6. The second kappa shape index (κ2) is 6.58. The van der Waals surface area contributed by atoms with Gasteiger partial charge in [0.15, 0.2) is 0 Å². The zero-order chi connectivity index (χ0) is 17.1. The number of aromatic amines is 1. The van der Waals surface area contributed by atoms with Crippen molar-refractivity contribution in [1.82, 2.24) is 10.3 Å². The summed E-state index contributed by atoms with van der Waals surface area (Å²) in [5.41, 5.74) is 4.01. The maximum Gasteiger partial charge on any atom is 0.337 e. The molecule has 0 bridgehead atoms. The van der Waals surface area contributed by atoms with Gasteiger partial charge >= 0.3 is 5.97 Å². The molecule has 5 nitrogen and oxygen atoms in total. The highest BCUT2D eigenvalue weighted by molar-refractivity contribution is 5.98. The second-order valence-electron chi connectivity index (χ2n) is 5.64. The average Bonchev–Trinajstić information content (AvgIpc) is 3.02. The van der Waals surface area contributed by atoms with E-state index in [1.54, 1.807) is 24.3 Å². The number of hydrogen-bond acceptors (Lipinski definition) is 3. The fraction of sp³-hybridized carbons (Fsp3) is 0.158. The van der Waals surface area contributed by atoms with E-state index in [1.807, 2.05) is 31.2 Å². The Kier molecular flexibility index (Phi) is 4.33. The van der Waals surface area contributed by atoms with Crippen LogP contribution in [0.2, 0.25) is 0 Å². The van der Waals surface area contributed by atoms with E-state index in [0.29, 0.717) is 17.8 Å². The van der Waals surface area contributed by atoms with Gasteiger partial charge in [-0.15, -0.1) is 0 Å². The molecule has 0 atom stereocenters. The van der Waals surface area contributed by atoms with Gasteiger partial charge in [-0.1, -0.05) is 24.3 Å². The highest BCUT2D eigenvalue weighted by Gasteiger charge is 2.10. The minimum atomic E-state index is -0.376. The lowest BCUT2D eigenvalue weighted by Crippen LogP contribution is -2.23. The van der Waals surface area contributed by atoms with E-state index in [9.17, 15) is 9.59 Å². The molecular weight excluding hydrogens is 304 g/mol. The minimum absolute atomic E-state index is 0.166. The number of methoxy groups -OCH3 is 1. The van der Waals surface area contributed by atoms with E-state index in [0.717, 1.165) is 22.0 Å². The first-order valence-electron chi connectivity index (χ1n) is 7.61. The van der Waals surface area contributed by atoms with Crippen molar-refractivity contribution >= 4 is 22.8 Å². The number of nitrogens with one attached hydrogen (secondary N) is 2. The third-order valence-electron chi connectivity index (χ3n) is 3.85. The van der Waals surface area contributed by atoms with Crippen molar-refractivity contribution < 1.29 is 14.3 Å². The van der Waals surface area contributed by atoms with E-state index >= 15 is 0 Å². The van der Waals surface area contributed by atoms with Crippen molar-refractivity contribution in [3.63, 3.8) is 0 Å². The number of benzene rings is 2. The molecule has 0 aliphatic rings. The molecule has 0 saturated heterocycles. The van der Waals surface area contributed by atoms with E-state index in [1.165, 1.54) is 7.11 Å². The number of aromatic nitrogens is 1. The lowest BCUT2D eigenvalue weighted by molar-refractivity contribution is 0.0600. The second-order valence-corrected chi connectivity index (χ2v) is 5.64. The Hall–Kier alpha value is -3.08. The summed E-state index contributed by atoms with van der Waals surface area (Å²) < 4.78 is 4.66. The predicted octanol–water partition coefficient (Wildman–Crippen LogP) is 3.19. The maximum atomic E-state index is 12.3. The molecule has 0 radical (unpaired) electrons. The summed E-state index contributed by atoms with van der Waals surface area (Å²) >= 11 is 0. The quantitative estimate of drug-likeness (QED) is 0.725. The number of ether oxygens (including phenoxy) is 1. The Morgan fingerprint density at radius 3 is 2.54 bits per heavy atom. The third-order valence-corrected chi connectivity index (χ3v) is 3.85. The van der Waals surface area contributed by atoms with Crippen LogP contribution in [0.15, 0.2) is 48.5 Å². The molecule has 0 unspecified atom stereocenters. The van der Waals surface area contributed by atoms with Gasteiger partial charge in [0.05, 0.1) is 12.7 Å². The van der Waals surface area contributed by atoms with Crippen LogP contribution in [-0.4, -0.2) is 24.0 Å². The molecule has 5 heteroatoms. The molecular formula is C19H18N2O3. The first-order chi connectivity index (χ1) is 11.6. The van der Waals surface area contributed by atoms with Crippen LogP contribution in [0.4, 0.5) is 0 Å². The first kappa shape index (κ1) is 15.8. The number of H-pyrrole nitrogens is 1. The third kappa shape index (κ3) is 3.30. The lowest BCUT2D eigenvalue weighted by Gasteiger charge is -2.05. The first-order valence-corrected chi connectivity index (χ1v) is 7.61. The highest BCUT2D eigenvalue weighted by Crippen LogP contribution is 2.17. The van der Waals surface area contributed by atoms with Crippen LogP contribution >= 0.6 is 0 Å².